The lowest BCUT2D eigenvalue weighted by atomic mass is 10.1. The van der Waals surface area contributed by atoms with Gasteiger partial charge in [0.25, 0.3) is 0 Å². The number of aromatic hydroxyl groups is 1. The van der Waals surface area contributed by atoms with E-state index in [0.29, 0.717) is 5.56 Å². The van der Waals surface area contributed by atoms with Crippen molar-refractivity contribution in [1.82, 2.24) is 0 Å². The second-order valence-electron chi connectivity index (χ2n) is 2.50. The highest BCUT2D eigenvalue weighted by atomic mass is 19.1. The first-order valence-electron chi connectivity index (χ1n) is 3.51. The number of rotatable bonds is 2. The van der Waals surface area contributed by atoms with Crippen molar-refractivity contribution >= 4 is 0 Å². The van der Waals surface area contributed by atoms with Gasteiger partial charge >= 0.3 is 0 Å². The van der Waals surface area contributed by atoms with Gasteiger partial charge in [-0.15, -0.1) is 6.58 Å². The Morgan fingerprint density at radius 2 is 2.17 bits per heavy atom. The summed E-state index contributed by atoms with van der Waals surface area (Å²) in [5.74, 6) is -0.621. The van der Waals surface area contributed by atoms with Gasteiger partial charge in [-0.1, -0.05) is 6.08 Å². The normalized spacial score (nSPS) is 12.5. The molecular weight excluding hydrogens is 157 g/mol. The van der Waals surface area contributed by atoms with Gasteiger partial charge in [0.15, 0.2) is 0 Å². The summed E-state index contributed by atoms with van der Waals surface area (Å²) in [5.41, 5.74) is 6.05. The number of nitrogens with two attached hydrogens (primary N) is 1. The molecule has 1 rings (SSSR count). The lowest BCUT2D eigenvalue weighted by Crippen LogP contribution is -2.06. The van der Waals surface area contributed by atoms with Crippen LogP contribution in [0.5, 0.6) is 5.75 Å². The predicted octanol–water partition coefficient (Wildman–Crippen LogP) is 1.72. The molecule has 3 N–H and O–H groups in total. The summed E-state index contributed by atoms with van der Waals surface area (Å²) >= 11 is 0. The van der Waals surface area contributed by atoms with Crippen LogP contribution in [0.4, 0.5) is 4.39 Å². The van der Waals surface area contributed by atoms with E-state index in [9.17, 15) is 4.39 Å². The highest BCUT2D eigenvalue weighted by molar-refractivity contribution is 5.31. The average molecular weight is 167 g/mol. The van der Waals surface area contributed by atoms with Crippen molar-refractivity contribution in [2.24, 2.45) is 5.73 Å². The van der Waals surface area contributed by atoms with Gasteiger partial charge in [-0.25, -0.2) is 4.39 Å². The molecule has 1 aromatic carbocycles. The first-order chi connectivity index (χ1) is 5.63. The Labute approximate surface area is 70.1 Å². The van der Waals surface area contributed by atoms with E-state index in [1.54, 1.807) is 0 Å². The van der Waals surface area contributed by atoms with E-state index < -0.39 is 11.9 Å². The van der Waals surface area contributed by atoms with Crippen LogP contribution < -0.4 is 5.73 Å². The van der Waals surface area contributed by atoms with E-state index in [0.717, 1.165) is 6.07 Å². The van der Waals surface area contributed by atoms with Crippen LogP contribution in [0.3, 0.4) is 0 Å². The summed E-state index contributed by atoms with van der Waals surface area (Å²) in [4.78, 5) is 0. The highest BCUT2D eigenvalue weighted by Crippen LogP contribution is 2.19. The molecule has 3 heteroatoms. The topological polar surface area (TPSA) is 46.2 Å². The molecule has 0 aliphatic heterocycles. The van der Waals surface area contributed by atoms with Gasteiger partial charge in [-0.2, -0.15) is 0 Å². The molecule has 0 bridgehead atoms. The fourth-order valence-electron chi connectivity index (χ4n) is 0.925. The van der Waals surface area contributed by atoms with Crippen molar-refractivity contribution in [3.05, 3.63) is 42.2 Å². The van der Waals surface area contributed by atoms with Crippen molar-refractivity contribution < 1.29 is 9.50 Å². The average Bonchev–Trinajstić information content (AvgIpc) is 2.01. The number of phenols is 1. The largest absolute Gasteiger partial charge is 0.508 e. The maximum atomic E-state index is 12.7. The van der Waals surface area contributed by atoms with Crippen LogP contribution in [0.2, 0.25) is 0 Å². The molecule has 0 spiro atoms. The lowest BCUT2D eigenvalue weighted by molar-refractivity contribution is 0.467. The van der Waals surface area contributed by atoms with Crippen LogP contribution >= 0.6 is 0 Å². The predicted molar refractivity (Wildman–Crippen MR) is 45.2 cm³/mol. The summed E-state index contributed by atoms with van der Waals surface area (Å²) in [6, 6.07) is 3.27. The van der Waals surface area contributed by atoms with Crippen molar-refractivity contribution in [2.45, 2.75) is 6.04 Å². The zero-order chi connectivity index (χ0) is 9.14. The van der Waals surface area contributed by atoms with Crippen molar-refractivity contribution in [2.75, 3.05) is 0 Å². The first-order valence-corrected chi connectivity index (χ1v) is 3.51. The highest BCUT2D eigenvalue weighted by Gasteiger charge is 2.04. The van der Waals surface area contributed by atoms with Crippen LogP contribution in [0.15, 0.2) is 30.9 Å². The molecule has 0 aliphatic rings. The zero-order valence-electron chi connectivity index (χ0n) is 6.50. The summed E-state index contributed by atoms with van der Waals surface area (Å²) in [6.45, 7) is 3.47. The van der Waals surface area contributed by atoms with Gasteiger partial charge in [0.1, 0.15) is 11.6 Å². The number of phenolic OH excluding ortho intramolecular Hbond substituents is 1. The first kappa shape index (κ1) is 8.74. The van der Waals surface area contributed by atoms with Gasteiger partial charge in [-0.3, -0.25) is 0 Å². The summed E-state index contributed by atoms with van der Waals surface area (Å²) in [5, 5.41) is 9.01. The lowest BCUT2D eigenvalue weighted by Gasteiger charge is -2.06. The standard InChI is InChI=1S/C9H10FNO/c1-2-9(11)6-3-7(10)5-8(12)4-6/h2-5,9,12H,1,11H2. The van der Waals surface area contributed by atoms with Crippen molar-refractivity contribution in [3.63, 3.8) is 0 Å². The Morgan fingerprint density at radius 3 is 2.67 bits per heavy atom. The van der Waals surface area contributed by atoms with Crippen LogP contribution in [-0.4, -0.2) is 5.11 Å². The van der Waals surface area contributed by atoms with Crippen LogP contribution in [0, 0.1) is 5.82 Å². The third kappa shape index (κ3) is 1.83. The van der Waals surface area contributed by atoms with E-state index in [2.05, 4.69) is 6.58 Å². The smallest absolute Gasteiger partial charge is 0.127 e. The molecule has 1 unspecified atom stereocenters. The van der Waals surface area contributed by atoms with Crippen LogP contribution in [0.25, 0.3) is 0 Å². The monoisotopic (exact) mass is 167 g/mol. The van der Waals surface area contributed by atoms with E-state index in [-0.39, 0.29) is 5.75 Å². The van der Waals surface area contributed by atoms with Crippen LogP contribution in [-0.2, 0) is 0 Å². The van der Waals surface area contributed by atoms with Crippen molar-refractivity contribution in [1.29, 1.82) is 0 Å². The molecule has 0 saturated carbocycles. The fourth-order valence-corrected chi connectivity index (χ4v) is 0.925. The quantitative estimate of drug-likeness (QED) is 0.659. The maximum absolute atomic E-state index is 12.7. The van der Waals surface area contributed by atoms with E-state index in [1.807, 2.05) is 0 Å². The summed E-state index contributed by atoms with van der Waals surface area (Å²) in [6.07, 6.45) is 1.48. The second kappa shape index (κ2) is 3.36. The Hall–Kier alpha value is -1.35. The molecule has 0 fully saturated rings. The third-order valence-electron chi connectivity index (χ3n) is 1.54. The summed E-state index contributed by atoms with van der Waals surface area (Å²) in [7, 11) is 0. The molecule has 0 amide bonds. The minimum absolute atomic E-state index is 0.123. The van der Waals surface area contributed by atoms with E-state index in [1.165, 1.54) is 18.2 Å². The third-order valence-corrected chi connectivity index (χ3v) is 1.54. The van der Waals surface area contributed by atoms with E-state index >= 15 is 0 Å². The number of hydrogen-bond acceptors (Lipinski definition) is 2. The molecule has 1 aromatic rings. The Bertz CT molecular complexity index is 278. The number of benzene rings is 1. The molecule has 64 valence electrons. The Balaban J connectivity index is 3.08. The molecule has 0 aliphatic carbocycles. The van der Waals surface area contributed by atoms with Gasteiger partial charge in [0.2, 0.25) is 0 Å². The molecule has 0 aromatic heterocycles. The number of halogens is 1. The number of hydrogen-bond donors (Lipinski definition) is 2. The minimum atomic E-state index is -0.498. The zero-order valence-corrected chi connectivity index (χ0v) is 6.50. The van der Waals surface area contributed by atoms with Crippen LogP contribution in [0.1, 0.15) is 11.6 Å². The van der Waals surface area contributed by atoms with Crippen molar-refractivity contribution in [3.8, 4) is 5.75 Å². The molecule has 0 saturated heterocycles. The fraction of sp³-hybridized carbons (Fsp3) is 0.111. The molecule has 0 radical (unpaired) electrons. The van der Waals surface area contributed by atoms with Gasteiger partial charge in [-0.05, 0) is 17.7 Å². The minimum Gasteiger partial charge on any atom is -0.508 e. The molecule has 0 heterocycles. The Morgan fingerprint density at radius 1 is 1.50 bits per heavy atom. The second-order valence-corrected chi connectivity index (χ2v) is 2.50. The molecule has 12 heavy (non-hydrogen) atoms. The molecule has 1 atom stereocenters. The molecule has 2 nitrogen and oxygen atoms in total. The van der Waals surface area contributed by atoms with Gasteiger partial charge < -0.3 is 10.8 Å². The maximum Gasteiger partial charge on any atom is 0.127 e. The Kier molecular flexibility index (Phi) is 2.45. The SMILES string of the molecule is C=CC(N)c1cc(O)cc(F)c1. The van der Waals surface area contributed by atoms with Gasteiger partial charge in [0, 0.05) is 12.1 Å². The molecular formula is C9H10FNO. The summed E-state index contributed by atoms with van der Waals surface area (Å²) < 4.78 is 12.7. The van der Waals surface area contributed by atoms with Gasteiger partial charge in [0.05, 0.1) is 0 Å². The van der Waals surface area contributed by atoms with E-state index in [4.69, 9.17) is 10.8 Å².